The summed E-state index contributed by atoms with van der Waals surface area (Å²) in [5, 5.41) is 13.8. The number of aromatic nitrogens is 2. The molecule has 2 heterocycles. The Hall–Kier alpha value is -1.74. The van der Waals surface area contributed by atoms with Gasteiger partial charge < -0.3 is 15.4 Å². The summed E-state index contributed by atoms with van der Waals surface area (Å²) in [4.78, 5) is 2.07. The topological polar surface area (TPSA) is 80.1 Å². The predicted molar refractivity (Wildman–Crippen MR) is 69.4 cm³/mol. The van der Waals surface area contributed by atoms with Crippen LogP contribution >= 0.6 is 0 Å². The van der Waals surface area contributed by atoms with Gasteiger partial charge in [0.1, 0.15) is 17.5 Å². The highest BCUT2D eigenvalue weighted by Crippen LogP contribution is 2.28. The average molecular weight is 249 g/mol. The molecule has 6 nitrogen and oxygen atoms in total. The average Bonchev–Trinajstić information content (AvgIpc) is 2.76. The first-order chi connectivity index (χ1) is 8.69. The van der Waals surface area contributed by atoms with Crippen molar-refractivity contribution in [2.24, 2.45) is 0 Å². The van der Waals surface area contributed by atoms with Gasteiger partial charge in [-0.3, -0.25) is 0 Å². The molecule has 1 aliphatic rings. The van der Waals surface area contributed by atoms with Crippen molar-refractivity contribution in [2.45, 2.75) is 26.3 Å². The van der Waals surface area contributed by atoms with Gasteiger partial charge in [0, 0.05) is 13.1 Å². The fraction of sp³-hybridized carbons (Fsp3) is 0.667. The quantitative estimate of drug-likeness (QED) is 0.869. The maximum absolute atomic E-state index is 9.26. The van der Waals surface area contributed by atoms with Crippen molar-refractivity contribution in [3.63, 3.8) is 0 Å². The van der Waals surface area contributed by atoms with Gasteiger partial charge in [-0.15, -0.1) is 0 Å². The monoisotopic (exact) mass is 249 g/mol. The van der Waals surface area contributed by atoms with E-state index in [0.29, 0.717) is 30.4 Å². The number of nitriles is 1. The molecule has 0 saturated carbocycles. The molecule has 0 aromatic carbocycles. The highest BCUT2D eigenvalue weighted by atomic mass is 16.5. The Balaban J connectivity index is 2.37. The minimum atomic E-state index is 0.201. The van der Waals surface area contributed by atoms with E-state index in [4.69, 9.17) is 10.5 Å². The van der Waals surface area contributed by atoms with Crippen molar-refractivity contribution in [1.29, 1.82) is 5.26 Å². The fourth-order valence-electron chi connectivity index (χ4n) is 2.05. The molecular formula is C12H19N5O. The molecule has 1 atom stereocenters. The van der Waals surface area contributed by atoms with Gasteiger partial charge in [0.05, 0.1) is 19.3 Å². The van der Waals surface area contributed by atoms with Crippen LogP contribution in [0.15, 0.2) is 0 Å². The largest absolute Gasteiger partial charge is 0.383 e. The van der Waals surface area contributed by atoms with Gasteiger partial charge in [-0.2, -0.15) is 10.4 Å². The van der Waals surface area contributed by atoms with Crippen LogP contribution in [-0.4, -0.2) is 36.1 Å². The van der Waals surface area contributed by atoms with Gasteiger partial charge in [-0.05, 0) is 13.3 Å². The van der Waals surface area contributed by atoms with Gasteiger partial charge in [0.2, 0.25) is 0 Å². The van der Waals surface area contributed by atoms with Crippen molar-refractivity contribution >= 4 is 11.6 Å². The van der Waals surface area contributed by atoms with Crippen LogP contribution in [0.2, 0.25) is 0 Å². The Bertz CT molecular complexity index is 456. The molecule has 1 aromatic rings. The molecule has 0 amide bonds. The number of hydrogen-bond donors (Lipinski definition) is 1. The first-order valence-corrected chi connectivity index (χ1v) is 6.29. The molecule has 1 saturated heterocycles. The first-order valence-electron chi connectivity index (χ1n) is 6.29. The second kappa shape index (κ2) is 5.27. The normalized spacial score (nSPS) is 17.5. The molecule has 0 bridgehead atoms. The Morgan fingerprint density at radius 1 is 1.50 bits per heavy atom. The lowest BCUT2D eigenvalue weighted by atomic mass is 10.2. The van der Waals surface area contributed by atoms with E-state index in [-0.39, 0.29) is 6.04 Å². The van der Waals surface area contributed by atoms with E-state index in [1.807, 2.05) is 6.92 Å². The Morgan fingerprint density at radius 2 is 2.17 bits per heavy atom. The van der Waals surface area contributed by atoms with Crippen LogP contribution in [0.4, 0.5) is 11.6 Å². The van der Waals surface area contributed by atoms with Crippen molar-refractivity contribution < 1.29 is 4.74 Å². The van der Waals surface area contributed by atoms with Crippen molar-refractivity contribution in [1.82, 2.24) is 9.78 Å². The van der Waals surface area contributed by atoms with E-state index in [9.17, 15) is 5.26 Å². The van der Waals surface area contributed by atoms with Gasteiger partial charge in [0.15, 0.2) is 5.82 Å². The zero-order chi connectivity index (χ0) is 13.1. The maximum atomic E-state index is 9.26. The third kappa shape index (κ3) is 2.14. The lowest BCUT2D eigenvalue weighted by molar-refractivity contribution is 0.122. The van der Waals surface area contributed by atoms with Crippen LogP contribution < -0.4 is 10.6 Å². The van der Waals surface area contributed by atoms with Gasteiger partial charge >= 0.3 is 0 Å². The summed E-state index contributed by atoms with van der Waals surface area (Å²) in [6.07, 6.45) is 0.930. The maximum Gasteiger partial charge on any atom is 0.171 e. The third-order valence-electron chi connectivity index (χ3n) is 3.36. The zero-order valence-corrected chi connectivity index (χ0v) is 10.9. The summed E-state index contributed by atoms with van der Waals surface area (Å²) in [7, 11) is 0. The van der Waals surface area contributed by atoms with Crippen LogP contribution in [0.5, 0.6) is 0 Å². The number of morpholine rings is 1. The van der Waals surface area contributed by atoms with Gasteiger partial charge in [0.25, 0.3) is 0 Å². The highest BCUT2D eigenvalue weighted by molar-refractivity contribution is 5.65. The molecule has 1 unspecified atom stereocenters. The van der Waals surface area contributed by atoms with Crippen LogP contribution in [0.3, 0.4) is 0 Å². The van der Waals surface area contributed by atoms with Gasteiger partial charge in [-0.25, -0.2) is 4.68 Å². The summed E-state index contributed by atoms with van der Waals surface area (Å²) >= 11 is 0. The molecule has 18 heavy (non-hydrogen) atoms. The van der Waals surface area contributed by atoms with Crippen molar-refractivity contribution in [2.75, 3.05) is 36.9 Å². The lowest BCUT2D eigenvalue weighted by Gasteiger charge is -2.26. The second-order valence-electron chi connectivity index (χ2n) is 4.50. The van der Waals surface area contributed by atoms with Crippen LogP contribution in [0.25, 0.3) is 0 Å². The number of nitrogen functional groups attached to an aromatic ring is 1. The summed E-state index contributed by atoms with van der Waals surface area (Å²) in [6, 6.07) is 2.37. The SMILES string of the molecule is CCC(C)n1nc(N2CCOCC2)c(C#N)c1N. The van der Waals surface area contributed by atoms with E-state index in [1.165, 1.54) is 0 Å². The summed E-state index contributed by atoms with van der Waals surface area (Å²) in [5.41, 5.74) is 6.50. The number of ether oxygens (including phenoxy) is 1. The van der Waals surface area contributed by atoms with E-state index in [0.717, 1.165) is 19.5 Å². The number of rotatable bonds is 3. The number of nitrogens with zero attached hydrogens (tertiary/aromatic N) is 4. The van der Waals surface area contributed by atoms with Crippen LogP contribution in [0.1, 0.15) is 31.9 Å². The predicted octanol–water partition coefficient (Wildman–Crippen LogP) is 1.14. The fourth-order valence-corrected chi connectivity index (χ4v) is 2.05. The lowest BCUT2D eigenvalue weighted by Crippen LogP contribution is -2.37. The van der Waals surface area contributed by atoms with Gasteiger partial charge in [-0.1, -0.05) is 6.92 Å². The summed E-state index contributed by atoms with van der Waals surface area (Å²) in [6.45, 7) is 6.97. The Labute approximate surface area is 107 Å². The van der Waals surface area contributed by atoms with E-state index in [1.54, 1.807) is 4.68 Å². The molecule has 1 aliphatic heterocycles. The molecular weight excluding hydrogens is 230 g/mol. The van der Waals surface area contributed by atoms with E-state index < -0.39 is 0 Å². The molecule has 0 aliphatic carbocycles. The molecule has 0 radical (unpaired) electrons. The summed E-state index contributed by atoms with van der Waals surface area (Å²) < 4.78 is 7.06. The molecule has 2 rings (SSSR count). The highest BCUT2D eigenvalue weighted by Gasteiger charge is 2.23. The molecule has 2 N–H and O–H groups in total. The standard InChI is InChI=1S/C12H19N5O/c1-3-9(2)17-11(14)10(8-13)12(15-17)16-4-6-18-7-5-16/h9H,3-7,14H2,1-2H3. The molecule has 1 fully saturated rings. The van der Waals surface area contributed by atoms with Crippen LogP contribution in [0, 0.1) is 11.3 Å². The van der Waals surface area contributed by atoms with Crippen LogP contribution in [-0.2, 0) is 4.74 Å². The minimum Gasteiger partial charge on any atom is -0.383 e. The molecule has 1 aromatic heterocycles. The smallest absolute Gasteiger partial charge is 0.171 e. The number of hydrogen-bond acceptors (Lipinski definition) is 5. The number of nitrogens with two attached hydrogens (primary N) is 1. The zero-order valence-electron chi connectivity index (χ0n) is 10.9. The molecule has 0 spiro atoms. The summed E-state index contributed by atoms with van der Waals surface area (Å²) in [5.74, 6) is 1.16. The molecule has 6 heteroatoms. The Kier molecular flexibility index (Phi) is 3.72. The second-order valence-corrected chi connectivity index (χ2v) is 4.50. The Morgan fingerprint density at radius 3 is 2.72 bits per heavy atom. The van der Waals surface area contributed by atoms with E-state index >= 15 is 0 Å². The minimum absolute atomic E-state index is 0.201. The van der Waals surface area contributed by atoms with E-state index in [2.05, 4.69) is 23.0 Å². The number of anilines is 2. The van der Waals surface area contributed by atoms with Crippen molar-refractivity contribution in [3.05, 3.63) is 5.56 Å². The third-order valence-corrected chi connectivity index (χ3v) is 3.36. The van der Waals surface area contributed by atoms with Crippen molar-refractivity contribution in [3.8, 4) is 6.07 Å². The molecule has 98 valence electrons. The first kappa shape index (κ1) is 12.7.